The number of para-hydroxylation sites is 2. The van der Waals surface area contributed by atoms with Crippen LogP contribution in [0, 0.1) is 0 Å². The van der Waals surface area contributed by atoms with Gasteiger partial charge in [0.25, 0.3) is 0 Å². The lowest BCUT2D eigenvalue weighted by atomic mass is 10.0. The van der Waals surface area contributed by atoms with Crippen molar-refractivity contribution in [3.63, 3.8) is 0 Å². The minimum absolute atomic E-state index is 0.827. The lowest BCUT2D eigenvalue weighted by Gasteiger charge is -2.26. The highest BCUT2D eigenvalue weighted by Crippen LogP contribution is 2.39. The van der Waals surface area contributed by atoms with E-state index in [2.05, 4.69) is 116 Å². The molecule has 0 amide bonds. The molecule has 0 bridgehead atoms. The van der Waals surface area contributed by atoms with Crippen molar-refractivity contribution in [2.45, 2.75) is 6.92 Å². The van der Waals surface area contributed by atoms with Crippen LogP contribution in [0.2, 0.25) is 0 Å². The Labute approximate surface area is 230 Å². The fourth-order valence-electron chi connectivity index (χ4n) is 4.90. The number of fused-ring (bicyclic) bond motifs is 1. The van der Waals surface area contributed by atoms with Gasteiger partial charge in [0.2, 0.25) is 0 Å². The van der Waals surface area contributed by atoms with Gasteiger partial charge < -0.3 is 9.32 Å². The van der Waals surface area contributed by atoms with E-state index in [1.807, 2.05) is 43.4 Å². The van der Waals surface area contributed by atoms with Crippen LogP contribution >= 0.6 is 0 Å². The molecule has 2 nitrogen and oxygen atoms in total. The number of benzene rings is 4. The molecule has 0 saturated carbocycles. The molecule has 190 valence electrons. The molecule has 0 spiro atoms. The van der Waals surface area contributed by atoms with Gasteiger partial charge in [-0.1, -0.05) is 111 Å². The average molecular weight is 506 g/mol. The summed E-state index contributed by atoms with van der Waals surface area (Å²) in [6.45, 7) is 13.7. The normalized spacial score (nSPS) is 11.6. The zero-order chi connectivity index (χ0) is 27.2. The van der Waals surface area contributed by atoms with Crippen LogP contribution < -0.4 is 4.90 Å². The number of anilines is 3. The maximum absolute atomic E-state index is 6.30. The summed E-state index contributed by atoms with van der Waals surface area (Å²) in [7, 11) is 0. The number of hydrogen-bond acceptors (Lipinski definition) is 2. The molecule has 1 heterocycles. The maximum Gasteiger partial charge on any atom is 0.143 e. The van der Waals surface area contributed by atoms with E-state index in [0.29, 0.717) is 0 Å². The third-order valence-electron chi connectivity index (χ3n) is 6.73. The first-order valence-electron chi connectivity index (χ1n) is 13.0. The summed E-state index contributed by atoms with van der Waals surface area (Å²) in [5.74, 6) is 0.827. The first kappa shape index (κ1) is 25.6. The Morgan fingerprint density at radius 1 is 0.744 bits per heavy atom. The lowest BCUT2D eigenvalue weighted by molar-refractivity contribution is 0.604. The summed E-state index contributed by atoms with van der Waals surface area (Å²) in [5, 5.41) is 1.06. The zero-order valence-corrected chi connectivity index (χ0v) is 22.2. The van der Waals surface area contributed by atoms with Gasteiger partial charge in [0.1, 0.15) is 11.3 Å². The molecule has 0 radical (unpaired) electrons. The van der Waals surface area contributed by atoms with Gasteiger partial charge >= 0.3 is 0 Å². The first-order valence-corrected chi connectivity index (χ1v) is 13.0. The molecule has 0 saturated heterocycles. The molecule has 0 N–H and O–H groups in total. The molecule has 5 aromatic rings. The predicted octanol–water partition coefficient (Wildman–Crippen LogP) is 11.0. The number of furan rings is 1. The number of rotatable bonds is 9. The molecule has 5 rings (SSSR count). The number of allylic oxidation sites excluding steroid dienone is 5. The average Bonchev–Trinajstić information content (AvgIpc) is 3.35. The number of hydrogen-bond donors (Lipinski definition) is 0. The van der Waals surface area contributed by atoms with E-state index in [-0.39, 0.29) is 0 Å². The summed E-state index contributed by atoms with van der Waals surface area (Å²) in [4.78, 5) is 2.26. The Bertz CT molecular complexity index is 1680. The second kappa shape index (κ2) is 11.5. The van der Waals surface area contributed by atoms with Crippen LogP contribution in [-0.4, -0.2) is 0 Å². The van der Waals surface area contributed by atoms with Gasteiger partial charge in [-0.25, -0.2) is 0 Å². The van der Waals surface area contributed by atoms with E-state index in [1.54, 1.807) is 6.08 Å². The maximum atomic E-state index is 6.30. The minimum Gasteiger partial charge on any atom is -0.455 e. The van der Waals surface area contributed by atoms with Crippen LogP contribution in [0.5, 0.6) is 0 Å². The minimum atomic E-state index is 0.827. The fraction of sp³-hybridized carbons (Fsp3) is 0.0270. The third-order valence-corrected chi connectivity index (χ3v) is 6.73. The van der Waals surface area contributed by atoms with Crippen LogP contribution in [-0.2, 0) is 0 Å². The smallest absolute Gasteiger partial charge is 0.143 e. The Kier molecular flexibility index (Phi) is 7.56. The van der Waals surface area contributed by atoms with Crippen LogP contribution in [0.15, 0.2) is 146 Å². The van der Waals surface area contributed by atoms with Crippen LogP contribution in [0.25, 0.3) is 39.8 Å². The van der Waals surface area contributed by atoms with Gasteiger partial charge in [-0.15, -0.1) is 0 Å². The molecular weight excluding hydrogens is 474 g/mol. The van der Waals surface area contributed by atoms with Gasteiger partial charge in [-0.3, -0.25) is 0 Å². The van der Waals surface area contributed by atoms with Crippen LogP contribution in [0.4, 0.5) is 17.1 Å². The summed E-state index contributed by atoms with van der Waals surface area (Å²) in [5.41, 5.74) is 9.39. The van der Waals surface area contributed by atoms with Crippen molar-refractivity contribution in [1.29, 1.82) is 0 Å². The molecular formula is C37H31NO. The van der Waals surface area contributed by atoms with Crippen molar-refractivity contribution in [3.05, 3.63) is 158 Å². The Balaban J connectivity index is 1.56. The molecule has 0 unspecified atom stereocenters. The summed E-state index contributed by atoms with van der Waals surface area (Å²) in [6.07, 6.45) is 11.4. The molecule has 0 fully saturated rings. The Morgan fingerprint density at radius 2 is 1.41 bits per heavy atom. The second-order valence-electron chi connectivity index (χ2n) is 9.09. The zero-order valence-electron chi connectivity index (χ0n) is 22.2. The van der Waals surface area contributed by atoms with Crippen molar-refractivity contribution >= 4 is 45.8 Å². The standard InChI is InChI=1S/C37H31NO/c1-5-13-27(7-3)28-19-23-31(24-20-28)38(30-15-10-9-11-16-30)32-25-21-29(22-26-32)34-17-12-18-35-33(8-4)36(14-6-2)39-37(34)35/h5-26H,1,3-4H2,2H3/b14-6-,27-13+. The molecule has 2 heteroatoms. The second-order valence-corrected chi connectivity index (χ2v) is 9.09. The fourth-order valence-corrected chi connectivity index (χ4v) is 4.90. The first-order chi connectivity index (χ1) is 19.2. The van der Waals surface area contributed by atoms with E-state index in [4.69, 9.17) is 4.42 Å². The van der Waals surface area contributed by atoms with Crippen molar-refractivity contribution in [2.24, 2.45) is 0 Å². The highest BCUT2D eigenvalue weighted by Gasteiger charge is 2.16. The molecule has 0 atom stereocenters. The van der Waals surface area contributed by atoms with E-state index in [1.165, 1.54) is 0 Å². The molecule has 39 heavy (non-hydrogen) atoms. The highest BCUT2D eigenvalue weighted by atomic mass is 16.3. The van der Waals surface area contributed by atoms with Crippen molar-refractivity contribution in [2.75, 3.05) is 4.90 Å². The quantitative estimate of drug-likeness (QED) is 0.185. The summed E-state index contributed by atoms with van der Waals surface area (Å²) < 4.78 is 6.30. The Hall–Kier alpha value is -5.08. The highest BCUT2D eigenvalue weighted by molar-refractivity contribution is 5.99. The third kappa shape index (κ3) is 5.05. The van der Waals surface area contributed by atoms with E-state index in [0.717, 1.165) is 61.6 Å². The molecule has 0 aliphatic rings. The van der Waals surface area contributed by atoms with E-state index in [9.17, 15) is 0 Å². The Morgan fingerprint density at radius 3 is 2.03 bits per heavy atom. The topological polar surface area (TPSA) is 16.4 Å². The molecule has 1 aromatic heterocycles. The van der Waals surface area contributed by atoms with Crippen molar-refractivity contribution in [1.82, 2.24) is 0 Å². The van der Waals surface area contributed by atoms with Gasteiger partial charge in [-0.05, 0) is 66.1 Å². The largest absolute Gasteiger partial charge is 0.455 e. The monoisotopic (exact) mass is 505 g/mol. The van der Waals surface area contributed by atoms with Crippen LogP contribution in [0.3, 0.4) is 0 Å². The predicted molar refractivity (Wildman–Crippen MR) is 170 cm³/mol. The number of nitrogens with zero attached hydrogens (tertiary/aromatic N) is 1. The SMILES string of the molecule is C=C/C=C(\C=C)c1ccc(N(c2ccccc2)c2ccc(-c3cccc4c(C=C)c(/C=C\C)oc34)cc2)cc1. The van der Waals surface area contributed by atoms with Crippen LogP contribution in [0.1, 0.15) is 23.8 Å². The van der Waals surface area contributed by atoms with Gasteiger partial charge in [-0.2, -0.15) is 0 Å². The van der Waals surface area contributed by atoms with E-state index < -0.39 is 0 Å². The van der Waals surface area contributed by atoms with E-state index >= 15 is 0 Å². The van der Waals surface area contributed by atoms with Gasteiger partial charge in [0.15, 0.2) is 0 Å². The summed E-state index contributed by atoms with van der Waals surface area (Å²) in [6, 6.07) is 33.8. The molecule has 0 aliphatic heterocycles. The molecule has 0 aliphatic carbocycles. The van der Waals surface area contributed by atoms with Gasteiger partial charge in [0.05, 0.1) is 0 Å². The summed E-state index contributed by atoms with van der Waals surface area (Å²) >= 11 is 0. The van der Waals surface area contributed by atoms with Crippen molar-refractivity contribution < 1.29 is 4.42 Å². The lowest BCUT2D eigenvalue weighted by Crippen LogP contribution is -2.09. The van der Waals surface area contributed by atoms with Gasteiger partial charge in [0, 0.05) is 33.6 Å². The van der Waals surface area contributed by atoms with Crippen molar-refractivity contribution in [3.8, 4) is 11.1 Å². The molecule has 4 aromatic carbocycles.